The van der Waals surface area contributed by atoms with Gasteiger partial charge < -0.3 is 14.2 Å². The van der Waals surface area contributed by atoms with E-state index in [1.807, 2.05) is 24.3 Å². The third-order valence-corrected chi connectivity index (χ3v) is 5.37. The van der Waals surface area contributed by atoms with Crippen LogP contribution >= 0.6 is 0 Å². The predicted molar refractivity (Wildman–Crippen MR) is 107 cm³/mol. The number of nitrogens with zero attached hydrogens (tertiary/aromatic N) is 4. The molecule has 1 aliphatic rings. The van der Waals surface area contributed by atoms with Gasteiger partial charge in [-0.2, -0.15) is 4.98 Å². The second-order valence-electron chi connectivity index (χ2n) is 7.26. The van der Waals surface area contributed by atoms with E-state index >= 15 is 0 Å². The van der Waals surface area contributed by atoms with Gasteiger partial charge in [0.15, 0.2) is 0 Å². The Balaban J connectivity index is 1.44. The smallest absolute Gasteiger partial charge is 0.244 e. The first-order valence-electron chi connectivity index (χ1n) is 9.67. The number of fused-ring (bicyclic) bond motifs is 1. The molecule has 152 valence electrons. The SMILES string of the molecule is COc1ccc(-c2noc([C@@H]3Cc4nc[nH]c4CN3Cc3ccc(F)cc3)n2)cc1. The van der Waals surface area contributed by atoms with Gasteiger partial charge in [0.05, 0.1) is 30.9 Å². The quantitative estimate of drug-likeness (QED) is 0.542. The number of imidazole rings is 1. The van der Waals surface area contributed by atoms with Crippen molar-refractivity contribution in [1.29, 1.82) is 0 Å². The van der Waals surface area contributed by atoms with Crippen LogP contribution in [-0.4, -0.2) is 32.1 Å². The lowest BCUT2D eigenvalue weighted by Crippen LogP contribution is -2.34. The summed E-state index contributed by atoms with van der Waals surface area (Å²) in [6.45, 7) is 1.29. The zero-order valence-electron chi connectivity index (χ0n) is 16.4. The number of aromatic nitrogens is 4. The van der Waals surface area contributed by atoms with Gasteiger partial charge in [0.1, 0.15) is 11.6 Å². The maximum Gasteiger partial charge on any atom is 0.244 e. The van der Waals surface area contributed by atoms with Crippen LogP contribution in [0.5, 0.6) is 5.75 Å². The van der Waals surface area contributed by atoms with Gasteiger partial charge in [-0.05, 0) is 42.0 Å². The number of benzene rings is 2. The molecule has 0 amide bonds. The molecule has 0 radical (unpaired) electrons. The first kappa shape index (κ1) is 18.5. The Kier molecular flexibility index (Phi) is 4.76. The molecule has 0 bridgehead atoms. The van der Waals surface area contributed by atoms with E-state index in [2.05, 4.69) is 25.0 Å². The van der Waals surface area contributed by atoms with E-state index in [0.717, 1.165) is 28.3 Å². The van der Waals surface area contributed by atoms with Gasteiger partial charge in [0.2, 0.25) is 11.7 Å². The predicted octanol–water partition coefficient (Wildman–Crippen LogP) is 3.91. The second kappa shape index (κ2) is 7.72. The van der Waals surface area contributed by atoms with E-state index < -0.39 is 0 Å². The highest BCUT2D eigenvalue weighted by Crippen LogP contribution is 2.33. The third-order valence-electron chi connectivity index (χ3n) is 5.37. The molecule has 4 aromatic rings. The van der Waals surface area contributed by atoms with Crippen molar-refractivity contribution in [3.05, 3.63) is 83.5 Å². The van der Waals surface area contributed by atoms with E-state index in [-0.39, 0.29) is 11.9 Å². The Morgan fingerprint density at radius 2 is 1.97 bits per heavy atom. The van der Waals surface area contributed by atoms with Crippen molar-refractivity contribution < 1.29 is 13.7 Å². The number of ether oxygens (including phenoxy) is 1. The number of rotatable bonds is 5. The van der Waals surface area contributed by atoms with Gasteiger partial charge >= 0.3 is 0 Å². The molecule has 0 saturated carbocycles. The molecule has 2 aromatic heterocycles. The van der Waals surface area contributed by atoms with Crippen LogP contribution < -0.4 is 4.74 Å². The summed E-state index contributed by atoms with van der Waals surface area (Å²) in [4.78, 5) is 14.5. The number of aromatic amines is 1. The van der Waals surface area contributed by atoms with Crippen molar-refractivity contribution in [2.75, 3.05) is 7.11 Å². The van der Waals surface area contributed by atoms with Crippen LogP contribution in [0.15, 0.2) is 59.4 Å². The Labute approximate surface area is 172 Å². The summed E-state index contributed by atoms with van der Waals surface area (Å²) in [5.41, 5.74) is 3.94. The number of halogens is 1. The molecular formula is C22H20FN5O2. The van der Waals surface area contributed by atoms with Gasteiger partial charge in [-0.1, -0.05) is 17.3 Å². The molecule has 3 heterocycles. The summed E-state index contributed by atoms with van der Waals surface area (Å²) in [6, 6.07) is 14.0. The third kappa shape index (κ3) is 3.57. The minimum absolute atomic E-state index is 0.120. The molecule has 0 fully saturated rings. The standard InChI is InChI=1S/C22H20FN5O2/c1-29-17-8-4-15(5-9-17)21-26-22(30-27-21)20-10-18-19(25-13-24-18)12-28(20)11-14-2-6-16(23)7-3-14/h2-9,13,20H,10-12H2,1H3,(H,24,25)/t20-/m0/s1. The van der Waals surface area contributed by atoms with Crippen molar-refractivity contribution in [3.8, 4) is 17.1 Å². The molecule has 0 unspecified atom stereocenters. The van der Waals surface area contributed by atoms with Gasteiger partial charge in [0.25, 0.3) is 0 Å². The topological polar surface area (TPSA) is 80.1 Å². The number of nitrogens with one attached hydrogen (secondary N) is 1. The lowest BCUT2D eigenvalue weighted by Gasteiger charge is -2.32. The Hall–Kier alpha value is -3.52. The summed E-state index contributed by atoms with van der Waals surface area (Å²) in [6.07, 6.45) is 2.37. The highest BCUT2D eigenvalue weighted by molar-refractivity contribution is 5.55. The maximum atomic E-state index is 13.3. The van der Waals surface area contributed by atoms with Crippen LogP contribution in [0.4, 0.5) is 4.39 Å². The first-order valence-corrected chi connectivity index (χ1v) is 9.67. The summed E-state index contributed by atoms with van der Waals surface area (Å²) in [5.74, 6) is 1.59. The largest absolute Gasteiger partial charge is 0.497 e. The van der Waals surface area contributed by atoms with Gasteiger partial charge in [-0.25, -0.2) is 9.37 Å². The van der Waals surface area contributed by atoms with Crippen LogP contribution in [0.3, 0.4) is 0 Å². The van der Waals surface area contributed by atoms with Crippen LogP contribution in [0.25, 0.3) is 11.4 Å². The zero-order valence-corrected chi connectivity index (χ0v) is 16.4. The molecule has 5 rings (SSSR count). The van der Waals surface area contributed by atoms with E-state index in [1.165, 1.54) is 12.1 Å². The molecule has 1 N–H and O–H groups in total. The summed E-state index contributed by atoms with van der Waals surface area (Å²) < 4.78 is 24.2. The van der Waals surface area contributed by atoms with Gasteiger partial charge in [0, 0.05) is 25.1 Å². The van der Waals surface area contributed by atoms with E-state index in [1.54, 1.807) is 25.6 Å². The van der Waals surface area contributed by atoms with Crippen LogP contribution in [0, 0.1) is 5.82 Å². The van der Waals surface area contributed by atoms with E-state index in [4.69, 9.17) is 9.26 Å². The monoisotopic (exact) mass is 405 g/mol. The van der Waals surface area contributed by atoms with Gasteiger partial charge in [-0.15, -0.1) is 0 Å². The van der Waals surface area contributed by atoms with E-state index in [0.29, 0.717) is 31.2 Å². The number of hydrogen-bond donors (Lipinski definition) is 1. The fourth-order valence-corrected chi connectivity index (χ4v) is 3.75. The van der Waals surface area contributed by atoms with Crippen LogP contribution in [-0.2, 0) is 19.5 Å². The molecule has 7 nitrogen and oxygen atoms in total. The maximum absolute atomic E-state index is 13.3. The van der Waals surface area contributed by atoms with Crippen molar-refractivity contribution in [2.24, 2.45) is 0 Å². The molecule has 8 heteroatoms. The molecular weight excluding hydrogens is 385 g/mol. The van der Waals surface area contributed by atoms with Crippen molar-refractivity contribution in [2.45, 2.75) is 25.6 Å². The highest BCUT2D eigenvalue weighted by atomic mass is 19.1. The van der Waals surface area contributed by atoms with Crippen molar-refractivity contribution in [1.82, 2.24) is 25.0 Å². The first-order chi connectivity index (χ1) is 14.7. The second-order valence-corrected chi connectivity index (χ2v) is 7.26. The molecule has 1 atom stereocenters. The molecule has 1 aliphatic heterocycles. The Morgan fingerprint density at radius 1 is 1.17 bits per heavy atom. The summed E-state index contributed by atoms with van der Waals surface area (Å²) in [5, 5.41) is 4.18. The zero-order chi connectivity index (χ0) is 20.5. The average Bonchev–Trinajstić information content (AvgIpc) is 3.44. The van der Waals surface area contributed by atoms with Crippen LogP contribution in [0.2, 0.25) is 0 Å². The summed E-state index contributed by atoms with van der Waals surface area (Å²) >= 11 is 0. The van der Waals surface area contributed by atoms with E-state index in [9.17, 15) is 4.39 Å². The molecule has 0 saturated heterocycles. The number of H-pyrrole nitrogens is 1. The van der Waals surface area contributed by atoms with Crippen LogP contribution in [0.1, 0.15) is 28.9 Å². The molecule has 2 aromatic carbocycles. The lowest BCUT2D eigenvalue weighted by molar-refractivity contribution is 0.128. The Bertz CT molecular complexity index is 1140. The molecule has 30 heavy (non-hydrogen) atoms. The normalized spacial score (nSPS) is 16.4. The highest BCUT2D eigenvalue weighted by Gasteiger charge is 2.33. The fraction of sp³-hybridized carbons (Fsp3) is 0.227. The summed E-state index contributed by atoms with van der Waals surface area (Å²) in [7, 11) is 1.63. The molecule has 0 spiro atoms. The molecule has 0 aliphatic carbocycles. The minimum atomic E-state index is -0.245. The Morgan fingerprint density at radius 3 is 2.73 bits per heavy atom. The van der Waals surface area contributed by atoms with Crippen molar-refractivity contribution in [3.63, 3.8) is 0 Å². The number of hydrogen-bond acceptors (Lipinski definition) is 6. The fourth-order valence-electron chi connectivity index (χ4n) is 3.75. The minimum Gasteiger partial charge on any atom is -0.497 e. The van der Waals surface area contributed by atoms with Crippen molar-refractivity contribution >= 4 is 0 Å². The average molecular weight is 405 g/mol. The number of methoxy groups -OCH3 is 1. The van der Waals surface area contributed by atoms with Gasteiger partial charge in [-0.3, -0.25) is 4.90 Å². The lowest BCUT2D eigenvalue weighted by atomic mass is 10.0.